The van der Waals surface area contributed by atoms with Crippen LogP contribution in [0.5, 0.6) is 0 Å². The molecule has 0 aliphatic heterocycles. The molecular formula is C8H14O2. The van der Waals surface area contributed by atoms with Crippen LogP contribution in [0, 0.1) is 5.41 Å². The molecule has 58 valence electrons. The lowest BCUT2D eigenvalue weighted by atomic mass is 9.83. The van der Waals surface area contributed by atoms with Gasteiger partial charge in [-0.1, -0.05) is 6.92 Å². The number of hydrogen-bond acceptors (Lipinski definition) is 2. The molecule has 0 spiro atoms. The predicted molar refractivity (Wildman–Crippen MR) is 38.6 cm³/mol. The van der Waals surface area contributed by atoms with E-state index in [-0.39, 0.29) is 5.78 Å². The van der Waals surface area contributed by atoms with Crippen molar-refractivity contribution in [2.24, 2.45) is 5.41 Å². The Morgan fingerprint density at radius 2 is 2.30 bits per heavy atom. The SMILES string of the molecule is CC(=O)C1(C)CCCC1O. The zero-order chi connectivity index (χ0) is 7.78. The fourth-order valence-corrected chi connectivity index (χ4v) is 1.56. The summed E-state index contributed by atoms with van der Waals surface area (Å²) in [6, 6.07) is 0. The van der Waals surface area contributed by atoms with Crippen LogP contribution in [0.25, 0.3) is 0 Å². The Balaban J connectivity index is 2.75. The lowest BCUT2D eigenvalue weighted by Crippen LogP contribution is -2.33. The van der Waals surface area contributed by atoms with Gasteiger partial charge in [0.2, 0.25) is 0 Å². The second-order valence-electron chi connectivity index (χ2n) is 3.38. The van der Waals surface area contributed by atoms with Gasteiger partial charge in [-0.2, -0.15) is 0 Å². The fourth-order valence-electron chi connectivity index (χ4n) is 1.56. The molecule has 0 aromatic heterocycles. The Hall–Kier alpha value is -0.370. The second-order valence-corrected chi connectivity index (χ2v) is 3.38. The van der Waals surface area contributed by atoms with Crippen LogP contribution in [0.15, 0.2) is 0 Å². The van der Waals surface area contributed by atoms with Gasteiger partial charge in [0.1, 0.15) is 5.78 Å². The number of hydrogen-bond donors (Lipinski definition) is 1. The van der Waals surface area contributed by atoms with E-state index in [4.69, 9.17) is 0 Å². The second kappa shape index (κ2) is 2.35. The first kappa shape index (κ1) is 7.73. The smallest absolute Gasteiger partial charge is 0.138 e. The fraction of sp³-hybridized carbons (Fsp3) is 0.875. The molecule has 0 saturated heterocycles. The molecule has 2 unspecified atom stereocenters. The van der Waals surface area contributed by atoms with Gasteiger partial charge in [-0.3, -0.25) is 4.79 Å². The molecular weight excluding hydrogens is 128 g/mol. The Labute approximate surface area is 61.2 Å². The Morgan fingerprint density at radius 3 is 2.50 bits per heavy atom. The molecule has 1 saturated carbocycles. The zero-order valence-electron chi connectivity index (χ0n) is 6.55. The highest BCUT2D eigenvalue weighted by molar-refractivity contribution is 5.82. The van der Waals surface area contributed by atoms with Crippen LogP contribution in [0.3, 0.4) is 0 Å². The van der Waals surface area contributed by atoms with E-state index in [1.807, 2.05) is 6.92 Å². The van der Waals surface area contributed by atoms with E-state index in [9.17, 15) is 9.90 Å². The highest BCUT2D eigenvalue weighted by atomic mass is 16.3. The number of ketones is 1. The molecule has 0 aromatic rings. The van der Waals surface area contributed by atoms with Gasteiger partial charge in [-0.05, 0) is 26.2 Å². The van der Waals surface area contributed by atoms with Crippen LogP contribution in [0.2, 0.25) is 0 Å². The summed E-state index contributed by atoms with van der Waals surface area (Å²) in [4.78, 5) is 11.0. The van der Waals surface area contributed by atoms with Gasteiger partial charge < -0.3 is 5.11 Å². The van der Waals surface area contributed by atoms with Crippen molar-refractivity contribution in [1.82, 2.24) is 0 Å². The van der Waals surface area contributed by atoms with Crippen molar-refractivity contribution in [3.05, 3.63) is 0 Å². The third-order valence-electron chi connectivity index (χ3n) is 2.71. The van der Waals surface area contributed by atoms with Crippen LogP contribution in [-0.2, 0) is 4.79 Å². The van der Waals surface area contributed by atoms with Crippen LogP contribution >= 0.6 is 0 Å². The summed E-state index contributed by atoms with van der Waals surface area (Å²) in [5.74, 6) is 0.123. The molecule has 1 fully saturated rings. The third kappa shape index (κ3) is 0.966. The number of Topliss-reactive ketones (excluding diaryl/α,β-unsaturated/α-hetero) is 1. The van der Waals surface area contributed by atoms with E-state index in [0.29, 0.717) is 0 Å². The summed E-state index contributed by atoms with van der Waals surface area (Å²) in [7, 11) is 0. The van der Waals surface area contributed by atoms with Crippen molar-refractivity contribution in [2.75, 3.05) is 0 Å². The molecule has 0 aromatic carbocycles. The van der Waals surface area contributed by atoms with Crippen molar-refractivity contribution < 1.29 is 9.90 Å². The average molecular weight is 142 g/mol. The summed E-state index contributed by atoms with van der Waals surface area (Å²) in [6.07, 6.45) is 2.22. The molecule has 0 amide bonds. The van der Waals surface area contributed by atoms with Crippen molar-refractivity contribution in [3.8, 4) is 0 Å². The Kier molecular flexibility index (Phi) is 1.82. The predicted octanol–water partition coefficient (Wildman–Crippen LogP) is 1.13. The third-order valence-corrected chi connectivity index (χ3v) is 2.71. The van der Waals surface area contributed by atoms with Gasteiger partial charge in [0.15, 0.2) is 0 Å². The zero-order valence-corrected chi connectivity index (χ0v) is 6.55. The monoisotopic (exact) mass is 142 g/mol. The van der Waals surface area contributed by atoms with Crippen molar-refractivity contribution in [3.63, 3.8) is 0 Å². The molecule has 0 bridgehead atoms. The number of rotatable bonds is 1. The molecule has 1 aliphatic carbocycles. The van der Waals surface area contributed by atoms with Crippen LogP contribution < -0.4 is 0 Å². The van der Waals surface area contributed by atoms with Crippen LogP contribution in [0.1, 0.15) is 33.1 Å². The maximum atomic E-state index is 11.0. The van der Waals surface area contributed by atoms with Crippen LogP contribution in [0.4, 0.5) is 0 Å². The molecule has 2 atom stereocenters. The molecule has 1 rings (SSSR count). The largest absolute Gasteiger partial charge is 0.392 e. The maximum Gasteiger partial charge on any atom is 0.138 e. The van der Waals surface area contributed by atoms with Crippen molar-refractivity contribution >= 4 is 5.78 Å². The summed E-state index contributed by atoms with van der Waals surface area (Å²) in [6.45, 7) is 3.42. The molecule has 2 heteroatoms. The Morgan fingerprint density at radius 1 is 1.70 bits per heavy atom. The number of aliphatic hydroxyl groups is 1. The minimum Gasteiger partial charge on any atom is -0.392 e. The van der Waals surface area contributed by atoms with E-state index >= 15 is 0 Å². The van der Waals surface area contributed by atoms with E-state index < -0.39 is 11.5 Å². The van der Waals surface area contributed by atoms with Gasteiger partial charge >= 0.3 is 0 Å². The van der Waals surface area contributed by atoms with Gasteiger partial charge in [0.05, 0.1) is 11.5 Å². The summed E-state index contributed by atoms with van der Waals surface area (Å²) in [5, 5.41) is 9.40. The molecule has 1 N–H and O–H groups in total. The normalized spacial score (nSPS) is 40.1. The van der Waals surface area contributed by atoms with E-state index in [1.54, 1.807) is 6.92 Å². The van der Waals surface area contributed by atoms with E-state index in [0.717, 1.165) is 19.3 Å². The van der Waals surface area contributed by atoms with Crippen molar-refractivity contribution in [2.45, 2.75) is 39.2 Å². The van der Waals surface area contributed by atoms with Gasteiger partial charge in [-0.25, -0.2) is 0 Å². The highest BCUT2D eigenvalue weighted by Gasteiger charge is 2.41. The van der Waals surface area contributed by atoms with Crippen molar-refractivity contribution in [1.29, 1.82) is 0 Å². The lowest BCUT2D eigenvalue weighted by Gasteiger charge is -2.23. The first-order chi connectivity index (χ1) is 4.57. The van der Waals surface area contributed by atoms with E-state index in [1.165, 1.54) is 0 Å². The average Bonchev–Trinajstić information content (AvgIpc) is 2.15. The molecule has 10 heavy (non-hydrogen) atoms. The molecule has 1 aliphatic rings. The minimum atomic E-state index is -0.431. The lowest BCUT2D eigenvalue weighted by molar-refractivity contribution is -0.130. The summed E-state index contributed by atoms with van der Waals surface area (Å²) < 4.78 is 0. The first-order valence-electron chi connectivity index (χ1n) is 3.76. The summed E-state index contributed by atoms with van der Waals surface area (Å²) in [5.41, 5.74) is -0.431. The standard InChI is InChI=1S/C8H14O2/c1-6(9)8(2)5-3-4-7(8)10/h7,10H,3-5H2,1-2H3. The maximum absolute atomic E-state index is 11.0. The summed E-state index contributed by atoms with van der Waals surface area (Å²) >= 11 is 0. The van der Waals surface area contributed by atoms with Gasteiger partial charge in [0.25, 0.3) is 0 Å². The number of aliphatic hydroxyl groups excluding tert-OH is 1. The molecule has 0 radical (unpaired) electrons. The number of carbonyl (C=O) groups is 1. The molecule has 0 heterocycles. The minimum absolute atomic E-state index is 0.123. The van der Waals surface area contributed by atoms with Gasteiger partial charge in [-0.15, -0.1) is 0 Å². The van der Waals surface area contributed by atoms with Crippen LogP contribution in [-0.4, -0.2) is 17.0 Å². The molecule has 2 nitrogen and oxygen atoms in total. The highest BCUT2D eigenvalue weighted by Crippen LogP contribution is 2.38. The Bertz CT molecular complexity index is 153. The first-order valence-corrected chi connectivity index (χ1v) is 3.76. The van der Waals surface area contributed by atoms with Gasteiger partial charge in [0, 0.05) is 0 Å². The van der Waals surface area contributed by atoms with E-state index in [2.05, 4.69) is 0 Å². The quantitative estimate of drug-likeness (QED) is 0.595. The number of carbonyl (C=O) groups excluding carboxylic acids is 1. The topological polar surface area (TPSA) is 37.3 Å².